The number of hydrogen-bond acceptors (Lipinski definition) is 2. The maximum Gasteiger partial charge on any atom is 0.346 e. The van der Waals surface area contributed by atoms with E-state index < -0.39 is 34.8 Å². The van der Waals surface area contributed by atoms with Crippen molar-refractivity contribution in [2.45, 2.75) is 64.7 Å². The lowest BCUT2D eigenvalue weighted by Crippen LogP contribution is -2.16. The second-order valence-electron chi connectivity index (χ2n) is 9.52. The van der Waals surface area contributed by atoms with Crippen molar-refractivity contribution >= 4 is 5.97 Å². The van der Waals surface area contributed by atoms with Gasteiger partial charge >= 0.3 is 5.97 Å². The van der Waals surface area contributed by atoms with Gasteiger partial charge in [-0.15, -0.1) is 0 Å². The van der Waals surface area contributed by atoms with E-state index in [0.29, 0.717) is 35.4 Å². The summed E-state index contributed by atoms with van der Waals surface area (Å²) in [5.74, 6) is -4.39. The Hall–Kier alpha value is -3.15. The molecule has 190 valence electrons. The van der Waals surface area contributed by atoms with Crippen molar-refractivity contribution in [2.75, 3.05) is 0 Å². The lowest BCUT2D eigenvalue weighted by molar-refractivity contribution is 0.0728. The zero-order chi connectivity index (χ0) is 25.8. The molecule has 0 spiro atoms. The van der Waals surface area contributed by atoms with Crippen LogP contribution in [0.15, 0.2) is 48.5 Å². The Morgan fingerprint density at radius 1 is 0.806 bits per heavy atom. The summed E-state index contributed by atoms with van der Waals surface area (Å²) < 4.78 is 63.8. The smallest absolute Gasteiger partial charge is 0.346 e. The third-order valence-corrected chi connectivity index (χ3v) is 7.25. The minimum atomic E-state index is -1.21. The predicted molar refractivity (Wildman–Crippen MR) is 132 cm³/mol. The highest BCUT2D eigenvalue weighted by Gasteiger charge is 2.27. The molecule has 3 aromatic rings. The van der Waals surface area contributed by atoms with E-state index >= 15 is 0 Å². The van der Waals surface area contributed by atoms with E-state index in [1.807, 2.05) is 6.92 Å². The second-order valence-corrected chi connectivity index (χ2v) is 9.52. The van der Waals surface area contributed by atoms with Gasteiger partial charge in [0.1, 0.15) is 5.75 Å². The molecule has 1 aliphatic rings. The number of hydrogen-bond donors (Lipinski definition) is 0. The van der Waals surface area contributed by atoms with Crippen molar-refractivity contribution in [3.05, 3.63) is 88.5 Å². The van der Waals surface area contributed by atoms with Gasteiger partial charge in [-0.1, -0.05) is 57.0 Å². The first kappa shape index (κ1) is 25.9. The second kappa shape index (κ2) is 11.3. The van der Waals surface area contributed by atoms with Gasteiger partial charge in [0.15, 0.2) is 23.3 Å². The lowest BCUT2D eigenvalue weighted by Gasteiger charge is -2.28. The summed E-state index contributed by atoms with van der Waals surface area (Å²) in [5.41, 5.74) is 0.623. The zero-order valence-corrected chi connectivity index (χ0v) is 20.6. The quantitative estimate of drug-likeness (QED) is 0.185. The van der Waals surface area contributed by atoms with E-state index in [-0.39, 0.29) is 17.2 Å². The Morgan fingerprint density at radius 3 is 2.14 bits per heavy atom. The van der Waals surface area contributed by atoms with Crippen molar-refractivity contribution in [2.24, 2.45) is 5.92 Å². The minimum absolute atomic E-state index is 0.0545. The fourth-order valence-electron chi connectivity index (χ4n) is 5.06. The van der Waals surface area contributed by atoms with Gasteiger partial charge in [-0.05, 0) is 78.8 Å². The van der Waals surface area contributed by atoms with E-state index in [2.05, 4.69) is 6.92 Å². The summed E-state index contributed by atoms with van der Waals surface area (Å²) >= 11 is 0. The molecule has 0 heterocycles. The fourth-order valence-corrected chi connectivity index (χ4v) is 5.06. The molecule has 1 saturated carbocycles. The summed E-state index contributed by atoms with van der Waals surface area (Å²) in [6.07, 6.45) is 5.81. The van der Waals surface area contributed by atoms with Crippen LogP contribution in [0.2, 0.25) is 0 Å². The molecule has 3 aromatic carbocycles. The topological polar surface area (TPSA) is 26.3 Å². The number of carbonyl (C=O) groups excluding carboxylic acids is 1. The average molecular weight is 499 g/mol. The van der Waals surface area contributed by atoms with Crippen LogP contribution in [-0.2, 0) is 6.42 Å². The molecule has 0 unspecified atom stereocenters. The highest BCUT2D eigenvalue weighted by Crippen LogP contribution is 2.38. The molecule has 0 radical (unpaired) electrons. The Labute approximate surface area is 209 Å². The predicted octanol–water partition coefficient (Wildman–Crippen LogP) is 8.77. The number of rotatable bonds is 7. The first-order valence-corrected chi connectivity index (χ1v) is 12.6. The Kier molecular flexibility index (Phi) is 8.12. The molecule has 0 bridgehead atoms. The SMILES string of the molecule is CCCc1ccc(-c2ccc(OC(=O)c3ccc(C4CCC(CC)CC4)c(F)c3F)cc2)c(F)c1F. The van der Waals surface area contributed by atoms with Crippen LogP contribution in [0.3, 0.4) is 0 Å². The van der Waals surface area contributed by atoms with Crippen LogP contribution in [0.25, 0.3) is 11.1 Å². The lowest BCUT2D eigenvalue weighted by atomic mass is 9.77. The highest BCUT2D eigenvalue weighted by molar-refractivity contribution is 5.91. The molecule has 1 fully saturated rings. The summed E-state index contributed by atoms with van der Waals surface area (Å²) in [5, 5.41) is 0. The molecule has 1 aliphatic carbocycles. The maximum absolute atomic E-state index is 14.9. The van der Waals surface area contributed by atoms with Crippen molar-refractivity contribution in [3.63, 3.8) is 0 Å². The number of halogens is 4. The first-order valence-electron chi connectivity index (χ1n) is 12.6. The van der Waals surface area contributed by atoms with Gasteiger partial charge in [0.2, 0.25) is 0 Å². The maximum atomic E-state index is 14.9. The van der Waals surface area contributed by atoms with Crippen molar-refractivity contribution in [1.82, 2.24) is 0 Å². The molecule has 4 rings (SSSR count). The normalized spacial score (nSPS) is 17.7. The highest BCUT2D eigenvalue weighted by atomic mass is 19.2. The monoisotopic (exact) mass is 498 g/mol. The minimum Gasteiger partial charge on any atom is -0.423 e. The first-order chi connectivity index (χ1) is 17.3. The van der Waals surface area contributed by atoms with E-state index in [1.54, 1.807) is 6.07 Å². The number of esters is 1. The van der Waals surface area contributed by atoms with Crippen molar-refractivity contribution in [1.29, 1.82) is 0 Å². The van der Waals surface area contributed by atoms with Crippen LogP contribution >= 0.6 is 0 Å². The molecular weight excluding hydrogens is 468 g/mol. The van der Waals surface area contributed by atoms with Gasteiger partial charge in [-0.2, -0.15) is 0 Å². The van der Waals surface area contributed by atoms with Crippen LogP contribution < -0.4 is 4.74 Å². The van der Waals surface area contributed by atoms with Crippen LogP contribution in [0.4, 0.5) is 17.6 Å². The summed E-state index contributed by atoms with van der Waals surface area (Å²) in [6.45, 7) is 4.03. The van der Waals surface area contributed by atoms with Crippen LogP contribution in [0.5, 0.6) is 5.75 Å². The van der Waals surface area contributed by atoms with Crippen LogP contribution in [-0.4, -0.2) is 5.97 Å². The molecule has 0 aliphatic heterocycles. The van der Waals surface area contributed by atoms with Gasteiger partial charge < -0.3 is 4.74 Å². The molecule has 0 saturated heterocycles. The number of aryl methyl sites for hydroxylation is 1. The molecule has 2 nitrogen and oxygen atoms in total. The summed E-state index contributed by atoms with van der Waals surface area (Å²) in [4.78, 5) is 12.6. The molecule has 0 N–H and O–H groups in total. The number of ether oxygens (including phenoxy) is 1. The van der Waals surface area contributed by atoms with Gasteiger partial charge in [0.05, 0.1) is 5.56 Å². The van der Waals surface area contributed by atoms with E-state index in [0.717, 1.165) is 32.1 Å². The molecule has 6 heteroatoms. The van der Waals surface area contributed by atoms with Crippen LogP contribution in [0, 0.1) is 29.2 Å². The molecule has 36 heavy (non-hydrogen) atoms. The van der Waals surface area contributed by atoms with Crippen LogP contribution in [0.1, 0.15) is 79.8 Å². The van der Waals surface area contributed by atoms with Crippen molar-refractivity contribution in [3.8, 4) is 16.9 Å². The third-order valence-electron chi connectivity index (χ3n) is 7.25. The van der Waals surface area contributed by atoms with Gasteiger partial charge in [0.25, 0.3) is 0 Å². The average Bonchev–Trinajstić information content (AvgIpc) is 2.89. The fraction of sp³-hybridized carbons (Fsp3) is 0.367. The van der Waals surface area contributed by atoms with E-state index in [1.165, 1.54) is 42.5 Å². The number of benzene rings is 3. The van der Waals surface area contributed by atoms with Gasteiger partial charge in [0, 0.05) is 5.56 Å². The molecular formula is C30H30F4O2. The Bertz CT molecular complexity index is 1230. The third kappa shape index (κ3) is 5.32. The molecule has 0 aromatic heterocycles. The Morgan fingerprint density at radius 2 is 1.50 bits per heavy atom. The summed E-state index contributed by atoms with van der Waals surface area (Å²) in [7, 11) is 0. The standard InChI is InChI=1S/C30H30F4O2/c1-3-5-21-12-15-23(27(32)26(21)31)20-10-13-22(14-11-20)36-30(35)25-17-16-24(28(33)29(25)34)19-8-6-18(4-2)7-9-19/h10-19H,3-9H2,1-2H3. The van der Waals surface area contributed by atoms with Gasteiger partial charge in [-0.25, -0.2) is 22.4 Å². The molecule has 0 atom stereocenters. The Balaban J connectivity index is 1.47. The zero-order valence-electron chi connectivity index (χ0n) is 20.6. The number of carbonyl (C=O) groups is 1. The summed E-state index contributed by atoms with van der Waals surface area (Å²) in [6, 6.07) is 11.6. The van der Waals surface area contributed by atoms with Crippen molar-refractivity contribution < 1.29 is 27.1 Å². The van der Waals surface area contributed by atoms with E-state index in [9.17, 15) is 22.4 Å². The largest absolute Gasteiger partial charge is 0.423 e. The molecule has 0 amide bonds. The van der Waals surface area contributed by atoms with Gasteiger partial charge in [-0.3, -0.25) is 0 Å². The van der Waals surface area contributed by atoms with E-state index in [4.69, 9.17) is 4.74 Å².